The molecule has 0 spiro atoms. The molecule has 2 saturated heterocycles. The normalized spacial score (nSPS) is 23.0. The summed E-state index contributed by atoms with van der Waals surface area (Å²) < 4.78 is 5.41. The number of piperidine rings is 1. The van der Waals surface area contributed by atoms with E-state index in [4.69, 9.17) is 16.3 Å². The van der Waals surface area contributed by atoms with Crippen LogP contribution in [0, 0.1) is 12.8 Å². The number of ether oxygens (including phenoxy) is 1. The number of amides is 1. The molecule has 0 radical (unpaired) electrons. The number of benzene rings is 1. The molecule has 126 valence electrons. The smallest absolute Gasteiger partial charge is 0.254 e. The summed E-state index contributed by atoms with van der Waals surface area (Å²) in [6.07, 6.45) is 2.29. The highest BCUT2D eigenvalue weighted by Crippen LogP contribution is 2.24. The molecular formula is C18H25ClN2O2. The third-order valence-electron chi connectivity index (χ3n) is 4.92. The second-order valence-corrected chi connectivity index (χ2v) is 6.99. The van der Waals surface area contributed by atoms with Crippen molar-refractivity contribution in [1.29, 1.82) is 0 Å². The first-order chi connectivity index (χ1) is 11.1. The first kappa shape index (κ1) is 16.7. The van der Waals surface area contributed by atoms with Crippen LogP contribution in [-0.4, -0.2) is 61.6 Å². The Morgan fingerprint density at radius 3 is 2.87 bits per heavy atom. The fraction of sp³-hybridized carbons (Fsp3) is 0.611. The van der Waals surface area contributed by atoms with Crippen molar-refractivity contribution in [2.75, 3.05) is 45.9 Å². The highest BCUT2D eigenvalue weighted by Gasteiger charge is 2.27. The predicted molar refractivity (Wildman–Crippen MR) is 92.1 cm³/mol. The van der Waals surface area contributed by atoms with Crippen LogP contribution in [0.4, 0.5) is 0 Å². The summed E-state index contributed by atoms with van der Waals surface area (Å²) in [5.74, 6) is 0.682. The molecule has 23 heavy (non-hydrogen) atoms. The van der Waals surface area contributed by atoms with E-state index in [9.17, 15) is 4.79 Å². The SMILES string of the molecule is Cc1c(Cl)cccc1C(=O)N1CCCC(CN2CCOCC2)C1. The van der Waals surface area contributed by atoms with Crippen molar-refractivity contribution in [3.8, 4) is 0 Å². The minimum Gasteiger partial charge on any atom is -0.379 e. The summed E-state index contributed by atoms with van der Waals surface area (Å²) in [7, 11) is 0. The van der Waals surface area contributed by atoms with Gasteiger partial charge in [-0.1, -0.05) is 17.7 Å². The number of nitrogens with zero attached hydrogens (tertiary/aromatic N) is 2. The fourth-order valence-corrected chi connectivity index (χ4v) is 3.73. The van der Waals surface area contributed by atoms with E-state index in [1.807, 2.05) is 30.0 Å². The Morgan fingerprint density at radius 1 is 1.30 bits per heavy atom. The lowest BCUT2D eigenvalue weighted by Gasteiger charge is -2.37. The highest BCUT2D eigenvalue weighted by atomic mass is 35.5. The van der Waals surface area contributed by atoms with Crippen LogP contribution < -0.4 is 0 Å². The number of rotatable bonds is 3. The summed E-state index contributed by atoms with van der Waals surface area (Å²) >= 11 is 6.17. The number of carbonyl (C=O) groups excluding carboxylic acids is 1. The number of hydrogen-bond acceptors (Lipinski definition) is 3. The van der Waals surface area contributed by atoms with Gasteiger partial charge in [-0.05, 0) is 43.4 Å². The molecule has 0 aromatic heterocycles. The predicted octanol–water partition coefficient (Wildman–Crippen LogP) is 2.83. The first-order valence-corrected chi connectivity index (χ1v) is 8.87. The standard InChI is InChI=1S/C18H25ClN2O2/c1-14-16(5-2-6-17(14)19)18(22)21-7-3-4-15(13-21)12-20-8-10-23-11-9-20/h2,5-6,15H,3-4,7-13H2,1H3. The van der Waals surface area contributed by atoms with Crippen molar-refractivity contribution in [2.45, 2.75) is 19.8 Å². The lowest BCUT2D eigenvalue weighted by Crippen LogP contribution is -2.46. The van der Waals surface area contributed by atoms with E-state index in [2.05, 4.69) is 4.90 Å². The number of halogens is 1. The monoisotopic (exact) mass is 336 g/mol. The minimum atomic E-state index is 0.122. The molecule has 1 amide bonds. The van der Waals surface area contributed by atoms with E-state index in [0.29, 0.717) is 10.9 Å². The molecule has 2 heterocycles. The number of morpholine rings is 1. The number of hydrogen-bond donors (Lipinski definition) is 0. The van der Waals surface area contributed by atoms with Crippen molar-refractivity contribution >= 4 is 17.5 Å². The average Bonchev–Trinajstić information content (AvgIpc) is 2.58. The van der Waals surface area contributed by atoms with Crippen LogP contribution in [0.5, 0.6) is 0 Å². The third-order valence-corrected chi connectivity index (χ3v) is 5.33. The zero-order valence-corrected chi connectivity index (χ0v) is 14.5. The average molecular weight is 337 g/mol. The molecular weight excluding hydrogens is 312 g/mol. The van der Waals surface area contributed by atoms with Crippen LogP contribution in [0.25, 0.3) is 0 Å². The molecule has 1 aromatic rings. The van der Waals surface area contributed by atoms with Gasteiger partial charge in [0.05, 0.1) is 13.2 Å². The van der Waals surface area contributed by atoms with Gasteiger partial charge >= 0.3 is 0 Å². The Kier molecular flexibility index (Phi) is 5.57. The van der Waals surface area contributed by atoms with Crippen LogP contribution in [0.2, 0.25) is 5.02 Å². The maximum Gasteiger partial charge on any atom is 0.254 e. The molecule has 0 saturated carbocycles. The quantitative estimate of drug-likeness (QED) is 0.851. The van der Waals surface area contributed by atoms with Crippen molar-refractivity contribution in [2.24, 2.45) is 5.92 Å². The maximum absolute atomic E-state index is 12.8. The fourth-order valence-electron chi connectivity index (χ4n) is 3.56. The molecule has 1 unspecified atom stereocenters. The van der Waals surface area contributed by atoms with Crippen LogP contribution in [-0.2, 0) is 4.74 Å². The second-order valence-electron chi connectivity index (χ2n) is 6.58. The highest BCUT2D eigenvalue weighted by molar-refractivity contribution is 6.31. The van der Waals surface area contributed by atoms with Gasteiger partial charge in [0.15, 0.2) is 0 Å². The van der Waals surface area contributed by atoms with Gasteiger partial charge in [0.1, 0.15) is 0 Å². The largest absolute Gasteiger partial charge is 0.379 e. The van der Waals surface area contributed by atoms with Crippen LogP contribution in [0.15, 0.2) is 18.2 Å². The summed E-state index contributed by atoms with van der Waals surface area (Å²) in [5.41, 5.74) is 1.62. The minimum absolute atomic E-state index is 0.122. The summed E-state index contributed by atoms with van der Waals surface area (Å²) in [4.78, 5) is 17.3. The van der Waals surface area contributed by atoms with Gasteiger partial charge in [0.2, 0.25) is 0 Å². The van der Waals surface area contributed by atoms with Gasteiger partial charge in [-0.25, -0.2) is 0 Å². The van der Waals surface area contributed by atoms with E-state index in [1.165, 1.54) is 6.42 Å². The molecule has 1 atom stereocenters. The summed E-state index contributed by atoms with van der Waals surface area (Å²) in [6, 6.07) is 5.58. The van der Waals surface area contributed by atoms with Crippen LogP contribution in [0.1, 0.15) is 28.8 Å². The van der Waals surface area contributed by atoms with Crippen molar-refractivity contribution in [3.05, 3.63) is 34.3 Å². The third kappa shape index (κ3) is 4.06. The topological polar surface area (TPSA) is 32.8 Å². The Morgan fingerprint density at radius 2 is 2.09 bits per heavy atom. The van der Waals surface area contributed by atoms with Gasteiger partial charge in [-0.15, -0.1) is 0 Å². The van der Waals surface area contributed by atoms with E-state index >= 15 is 0 Å². The van der Waals surface area contributed by atoms with Gasteiger partial charge in [0, 0.05) is 43.3 Å². The molecule has 4 nitrogen and oxygen atoms in total. The number of likely N-dealkylation sites (tertiary alicyclic amines) is 1. The zero-order valence-electron chi connectivity index (χ0n) is 13.8. The Labute approximate surface area is 143 Å². The maximum atomic E-state index is 12.8. The Balaban J connectivity index is 1.63. The van der Waals surface area contributed by atoms with Crippen molar-refractivity contribution in [1.82, 2.24) is 9.80 Å². The van der Waals surface area contributed by atoms with Crippen LogP contribution in [0.3, 0.4) is 0 Å². The van der Waals surface area contributed by atoms with E-state index in [0.717, 1.165) is 63.5 Å². The van der Waals surface area contributed by atoms with Crippen molar-refractivity contribution < 1.29 is 9.53 Å². The number of carbonyl (C=O) groups is 1. The van der Waals surface area contributed by atoms with Crippen LogP contribution >= 0.6 is 11.6 Å². The lowest BCUT2D eigenvalue weighted by molar-refractivity contribution is 0.0223. The summed E-state index contributed by atoms with van der Waals surface area (Å²) in [6.45, 7) is 8.38. The summed E-state index contributed by atoms with van der Waals surface area (Å²) in [5, 5.41) is 0.665. The molecule has 2 aliphatic rings. The van der Waals surface area contributed by atoms with E-state index < -0.39 is 0 Å². The van der Waals surface area contributed by atoms with Gasteiger partial charge < -0.3 is 9.64 Å². The molecule has 1 aromatic carbocycles. The van der Waals surface area contributed by atoms with Crippen molar-refractivity contribution in [3.63, 3.8) is 0 Å². The second kappa shape index (κ2) is 7.65. The molecule has 2 fully saturated rings. The van der Waals surface area contributed by atoms with E-state index in [-0.39, 0.29) is 5.91 Å². The zero-order chi connectivity index (χ0) is 16.2. The molecule has 3 rings (SSSR count). The lowest BCUT2D eigenvalue weighted by atomic mass is 9.96. The first-order valence-electron chi connectivity index (χ1n) is 8.49. The molecule has 5 heteroatoms. The molecule has 2 aliphatic heterocycles. The molecule has 0 aliphatic carbocycles. The van der Waals surface area contributed by atoms with E-state index in [1.54, 1.807) is 0 Å². The van der Waals surface area contributed by atoms with Gasteiger partial charge in [0.25, 0.3) is 5.91 Å². The van der Waals surface area contributed by atoms with Gasteiger partial charge in [-0.3, -0.25) is 9.69 Å². The van der Waals surface area contributed by atoms with Gasteiger partial charge in [-0.2, -0.15) is 0 Å². The molecule has 0 bridgehead atoms. The Bertz CT molecular complexity index is 558. The Hall–Kier alpha value is -1.10. The molecule has 0 N–H and O–H groups in total.